The number of esters is 1. The third-order valence-electron chi connectivity index (χ3n) is 1.71. The van der Waals surface area contributed by atoms with Gasteiger partial charge in [-0.1, -0.05) is 6.08 Å². The summed E-state index contributed by atoms with van der Waals surface area (Å²) in [5.41, 5.74) is -0.509. The molecule has 0 spiro atoms. The van der Waals surface area contributed by atoms with Crippen molar-refractivity contribution in [3.63, 3.8) is 0 Å². The molecule has 0 aliphatic carbocycles. The first kappa shape index (κ1) is 13.2. The molecule has 3 nitrogen and oxygen atoms in total. The zero-order valence-electron chi connectivity index (χ0n) is 9.41. The van der Waals surface area contributed by atoms with E-state index in [2.05, 4.69) is 6.58 Å². The Balaban J connectivity index is 4.37. The first-order chi connectivity index (χ1) is 6.28. The summed E-state index contributed by atoms with van der Waals surface area (Å²) in [6, 6.07) is 0. The van der Waals surface area contributed by atoms with Crippen molar-refractivity contribution in [2.75, 3.05) is 0 Å². The first-order valence-electron chi connectivity index (χ1n) is 4.79. The average molecular weight is 200 g/mol. The van der Waals surface area contributed by atoms with E-state index in [1.165, 1.54) is 0 Å². The summed E-state index contributed by atoms with van der Waals surface area (Å²) in [5, 5.41) is 9.36. The molecule has 2 unspecified atom stereocenters. The average Bonchev–Trinajstić information content (AvgIpc) is 1.95. The smallest absolute Gasteiger partial charge is 0.312 e. The van der Waals surface area contributed by atoms with Crippen LogP contribution in [-0.2, 0) is 9.53 Å². The summed E-state index contributed by atoms with van der Waals surface area (Å²) in [6.45, 7) is 10.5. The Morgan fingerprint density at radius 3 is 2.36 bits per heavy atom. The maximum Gasteiger partial charge on any atom is 0.312 e. The van der Waals surface area contributed by atoms with Crippen molar-refractivity contribution in [2.45, 2.75) is 45.8 Å². The lowest BCUT2D eigenvalue weighted by Gasteiger charge is -2.24. The predicted octanol–water partition coefficient (Wildman–Crippen LogP) is 1.90. The second-order valence-electron chi connectivity index (χ2n) is 4.40. The maximum absolute atomic E-state index is 11.6. The fourth-order valence-corrected chi connectivity index (χ4v) is 1.05. The van der Waals surface area contributed by atoms with Crippen LogP contribution in [0.4, 0.5) is 0 Å². The molecule has 82 valence electrons. The van der Waals surface area contributed by atoms with Gasteiger partial charge in [-0.05, 0) is 34.1 Å². The van der Waals surface area contributed by atoms with Crippen molar-refractivity contribution in [1.82, 2.24) is 0 Å². The molecule has 0 fully saturated rings. The highest BCUT2D eigenvalue weighted by Crippen LogP contribution is 2.16. The standard InChI is InChI=1S/C11H20O3/c1-6-7-9(8(2)12)10(13)14-11(3,4)5/h6,8-9,12H,1,7H2,2-5H3. The van der Waals surface area contributed by atoms with Gasteiger partial charge in [-0.3, -0.25) is 4.79 Å². The summed E-state index contributed by atoms with van der Waals surface area (Å²) < 4.78 is 5.17. The summed E-state index contributed by atoms with van der Waals surface area (Å²) in [4.78, 5) is 11.6. The highest BCUT2D eigenvalue weighted by atomic mass is 16.6. The molecule has 0 amide bonds. The van der Waals surface area contributed by atoms with Crippen molar-refractivity contribution in [3.8, 4) is 0 Å². The number of aliphatic hydroxyl groups excluding tert-OH is 1. The third-order valence-corrected chi connectivity index (χ3v) is 1.71. The van der Waals surface area contributed by atoms with Gasteiger partial charge in [0.15, 0.2) is 0 Å². The molecule has 2 atom stereocenters. The van der Waals surface area contributed by atoms with E-state index in [-0.39, 0.29) is 5.97 Å². The monoisotopic (exact) mass is 200 g/mol. The Bertz CT molecular complexity index is 201. The van der Waals surface area contributed by atoms with Crippen LogP contribution in [0.25, 0.3) is 0 Å². The summed E-state index contributed by atoms with van der Waals surface area (Å²) >= 11 is 0. The molecule has 0 aliphatic rings. The molecule has 0 aliphatic heterocycles. The van der Waals surface area contributed by atoms with Crippen molar-refractivity contribution >= 4 is 5.97 Å². The number of aliphatic hydroxyl groups is 1. The number of rotatable bonds is 4. The molecule has 0 radical (unpaired) electrons. The Morgan fingerprint density at radius 2 is 2.07 bits per heavy atom. The van der Waals surface area contributed by atoms with Gasteiger partial charge in [-0.15, -0.1) is 6.58 Å². The molecule has 0 bridgehead atoms. The van der Waals surface area contributed by atoms with Gasteiger partial charge in [0.2, 0.25) is 0 Å². The zero-order valence-corrected chi connectivity index (χ0v) is 9.41. The molecule has 14 heavy (non-hydrogen) atoms. The van der Waals surface area contributed by atoms with Gasteiger partial charge < -0.3 is 9.84 Å². The number of carbonyl (C=O) groups is 1. The third kappa shape index (κ3) is 5.02. The summed E-state index contributed by atoms with van der Waals surface area (Å²) in [5.74, 6) is -0.876. The lowest BCUT2D eigenvalue weighted by molar-refractivity contribution is -0.163. The number of allylic oxidation sites excluding steroid dienone is 1. The fraction of sp³-hybridized carbons (Fsp3) is 0.727. The Labute approximate surface area is 85.8 Å². The van der Waals surface area contributed by atoms with Gasteiger partial charge in [0.25, 0.3) is 0 Å². The highest BCUT2D eigenvalue weighted by Gasteiger charge is 2.27. The van der Waals surface area contributed by atoms with Gasteiger partial charge >= 0.3 is 5.97 Å². The minimum Gasteiger partial charge on any atom is -0.460 e. The number of hydrogen-bond donors (Lipinski definition) is 1. The van der Waals surface area contributed by atoms with Crippen molar-refractivity contribution in [3.05, 3.63) is 12.7 Å². The quantitative estimate of drug-likeness (QED) is 0.557. The molecule has 0 saturated heterocycles. The highest BCUT2D eigenvalue weighted by molar-refractivity contribution is 5.73. The zero-order chi connectivity index (χ0) is 11.4. The Hall–Kier alpha value is -0.830. The van der Waals surface area contributed by atoms with E-state index in [4.69, 9.17) is 4.74 Å². The minimum absolute atomic E-state index is 0.368. The van der Waals surface area contributed by atoms with Gasteiger partial charge in [0, 0.05) is 0 Å². The van der Waals surface area contributed by atoms with Gasteiger partial charge in [-0.25, -0.2) is 0 Å². The van der Waals surface area contributed by atoms with Crippen LogP contribution in [0.3, 0.4) is 0 Å². The van der Waals surface area contributed by atoms with Crippen LogP contribution in [0.1, 0.15) is 34.1 Å². The van der Waals surface area contributed by atoms with E-state index < -0.39 is 17.6 Å². The fourth-order valence-electron chi connectivity index (χ4n) is 1.05. The number of carbonyl (C=O) groups excluding carboxylic acids is 1. The SMILES string of the molecule is C=CCC(C(=O)OC(C)(C)C)C(C)O. The Kier molecular flexibility index (Phi) is 4.85. The van der Waals surface area contributed by atoms with E-state index >= 15 is 0 Å². The van der Waals surface area contributed by atoms with Gasteiger partial charge in [0.1, 0.15) is 5.60 Å². The molecular weight excluding hydrogens is 180 g/mol. The molecule has 0 aromatic rings. The number of hydrogen-bond acceptors (Lipinski definition) is 3. The van der Waals surface area contributed by atoms with Gasteiger partial charge in [-0.2, -0.15) is 0 Å². The molecule has 0 rings (SSSR count). The first-order valence-corrected chi connectivity index (χ1v) is 4.79. The van der Waals surface area contributed by atoms with E-state index in [1.54, 1.807) is 33.8 Å². The summed E-state index contributed by atoms with van der Waals surface area (Å²) in [7, 11) is 0. The van der Waals surface area contributed by atoms with Crippen molar-refractivity contribution in [1.29, 1.82) is 0 Å². The van der Waals surface area contributed by atoms with E-state index in [1.807, 2.05) is 0 Å². The van der Waals surface area contributed by atoms with Crippen LogP contribution in [0.2, 0.25) is 0 Å². The van der Waals surface area contributed by atoms with Crippen LogP contribution in [0, 0.1) is 5.92 Å². The molecule has 3 heteroatoms. The summed E-state index contributed by atoms with van der Waals surface area (Å²) in [6.07, 6.45) is 1.34. The molecule has 0 aromatic heterocycles. The van der Waals surface area contributed by atoms with Gasteiger partial charge in [0.05, 0.1) is 12.0 Å². The van der Waals surface area contributed by atoms with E-state index in [0.29, 0.717) is 6.42 Å². The normalized spacial score (nSPS) is 15.8. The lowest BCUT2D eigenvalue weighted by Crippen LogP contribution is -2.33. The molecule has 0 aromatic carbocycles. The van der Waals surface area contributed by atoms with Crippen LogP contribution in [-0.4, -0.2) is 22.8 Å². The molecular formula is C11H20O3. The Morgan fingerprint density at radius 1 is 1.57 bits per heavy atom. The van der Waals surface area contributed by atoms with Crippen LogP contribution in [0.15, 0.2) is 12.7 Å². The van der Waals surface area contributed by atoms with E-state index in [0.717, 1.165) is 0 Å². The van der Waals surface area contributed by atoms with Crippen LogP contribution in [0.5, 0.6) is 0 Å². The van der Waals surface area contributed by atoms with Crippen LogP contribution >= 0.6 is 0 Å². The predicted molar refractivity (Wildman–Crippen MR) is 55.8 cm³/mol. The topological polar surface area (TPSA) is 46.5 Å². The van der Waals surface area contributed by atoms with E-state index in [9.17, 15) is 9.90 Å². The number of ether oxygens (including phenoxy) is 1. The minimum atomic E-state index is -0.706. The lowest BCUT2D eigenvalue weighted by atomic mass is 9.99. The molecule has 1 N–H and O–H groups in total. The second-order valence-corrected chi connectivity index (χ2v) is 4.40. The largest absolute Gasteiger partial charge is 0.460 e. The molecule has 0 saturated carbocycles. The van der Waals surface area contributed by atoms with Crippen molar-refractivity contribution < 1.29 is 14.6 Å². The maximum atomic E-state index is 11.6. The molecule has 0 heterocycles. The van der Waals surface area contributed by atoms with Crippen LogP contribution < -0.4 is 0 Å². The van der Waals surface area contributed by atoms with Crippen molar-refractivity contribution in [2.24, 2.45) is 5.92 Å². The second kappa shape index (κ2) is 5.15.